The maximum Gasteiger partial charge on any atom is 0.322 e. The minimum atomic E-state index is -0.432. The SMILES string of the molecule is O=C(Nc1ccc(F)cc1)c1nnc([C@@H]2CCCN2C(=O)Nc2cccc(Cl)c2)s1. The zero-order chi connectivity index (χ0) is 21.1. The molecule has 1 saturated heterocycles. The Hall–Kier alpha value is -3.04. The Morgan fingerprint density at radius 2 is 1.90 bits per heavy atom. The summed E-state index contributed by atoms with van der Waals surface area (Å²) in [5, 5.41) is 14.9. The smallest absolute Gasteiger partial charge is 0.320 e. The molecule has 3 amide bonds. The average molecular weight is 446 g/mol. The van der Waals surface area contributed by atoms with Crippen LogP contribution in [-0.2, 0) is 0 Å². The van der Waals surface area contributed by atoms with Crippen molar-refractivity contribution >= 4 is 46.3 Å². The number of hydrogen-bond donors (Lipinski definition) is 2. The van der Waals surface area contributed by atoms with Gasteiger partial charge in [-0.15, -0.1) is 10.2 Å². The summed E-state index contributed by atoms with van der Waals surface area (Å²) in [6.07, 6.45) is 1.56. The lowest BCUT2D eigenvalue weighted by Crippen LogP contribution is -2.34. The van der Waals surface area contributed by atoms with Gasteiger partial charge in [0, 0.05) is 22.9 Å². The number of benzene rings is 2. The first-order valence-electron chi connectivity index (χ1n) is 9.23. The third-order valence-corrected chi connectivity index (χ3v) is 5.87. The average Bonchev–Trinajstić information content (AvgIpc) is 3.39. The molecule has 0 unspecified atom stereocenters. The second-order valence-corrected chi connectivity index (χ2v) is 8.14. The van der Waals surface area contributed by atoms with Crippen LogP contribution >= 0.6 is 22.9 Å². The Morgan fingerprint density at radius 3 is 2.67 bits per heavy atom. The van der Waals surface area contributed by atoms with Crippen molar-refractivity contribution in [3.8, 4) is 0 Å². The topological polar surface area (TPSA) is 87.2 Å². The van der Waals surface area contributed by atoms with E-state index in [1.807, 2.05) is 0 Å². The summed E-state index contributed by atoms with van der Waals surface area (Å²) in [7, 11) is 0. The van der Waals surface area contributed by atoms with E-state index >= 15 is 0 Å². The molecule has 1 aromatic heterocycles. The molecule has 3 aromatic rings. The number of carbonyl (C=O) groups is 2. The zero-order valence-electron chi connectivity index (χ0n) is 15.6. The second kappa shape index (κ2) is 8.76. The molecule has 0 spiro atoms. The Balaban J connectivity index is 1.44. The van der Waals surface area contributed by atoms with Gasteiger partial charge >= 0.3 is 6.03 Å². The molecule has 10 heteroatoms. The Morgan fingerprint density at radius 1 is 1.10 bits per heavy atom. The first-order valence-corrected chi connectivity index (χ1v) is 10.4. The van der Waals surface area contributed by atoms with Gasteiger partial charge in [-0.05, 0) is 55.3 Å². The fraction of sp³-hybridized carbons (Fsp3) is 0.200. The van der Waals surface area contributed by atoms with Crippen molar-refractivity contribution in [2.75, 3.05) is 17.2 Å². The molecule has 154 valence electrons. The summed E-state index contributed by atoms with van der Waals surface area (Å²) in [5.74, 6) is -0.818. The van der Waals surface area contributed by atoms with Crippen LogP contribution in [0, 0.1) is 5.82 Å². The van der Waals surface area contributed by atoms with Gasteiger partial charge in [0.25, 0.3) is 5.91 Å². The summed E-state index contributed by atoms with van der Waals surface area (Å²) in [5.41, 5.74) is 1.07. The first-order chi connectivity index (χ1) is 14.5. The number of nitrogens with one attached hydrogen (secondary N) is 2. The van der Waals surface area contributed by atoms with E-state index in [-0.39, 0.29) is 22.9 Å². The van der Waals surface area contributed by atoms with Crippen molar-refractivity contribution in [1.29, 1.82) is 0 Å². The number of nitrogens with zero attached hydrogens (tertiary/aromatic N) is 3. The van der Waals surface area contributed by atoms with Crippen LogP contribution in [0.15, 0.2) is 48.5 Å². The van der Waals surface area contributed by atoms with Crippen LogP contribution in [0.4, 0.5) is 20.6 Å². The zero-order valence-corrected chi connectivity index (χ0v) is 17.2. The highest BCUT2D eigenvalue weighted by atomic mass is 35.5. The van der Waals surface area contributed by atoms with Gasteiger partial charge in [-0.1, -0.05) is 29.0 Å². The Labute approximate surface area is 180 Å². The van der Waals surface area contributed by atoms with Crippen molar-refractivity contribution in [3.63, 3.8) is 0 Å². The molecular weight excluding hydrogens is 429 g/mol. The van der Waals surface area contributed by atoms with E-state index in [1.165, 1.54) is 24.3 Å². The number of likely N-dealkylation sites (tertiary alicyclic amines) is 1. The molecule has 0 aliphatic carbocycles. The van der Waals surface area contributed by atoms with Gasteiger partial charge in [0.15, 0.2) is 0 Å². The number of aromatic nitrogens is 2. The molecule has 1 fully saturated rings. The maximum absolute atomic E-state index is 13.0. The van der Waals surface area contributed by atoms with Gasteiger partial charge in [0.1, 0.15) is 10.8 Å². The predicted molar refractivity (Wildman–Crippen MR) is 113 cm³/mol. The van der Waals surface area contributed by atoms with Crippen LogP contribution in [0.3, 0.4) is 0 Å². The predicted octanol–water partition coefficient (Wildman–Crippen LogP) is 4.95. The molecule has 30 heavy (non-hydrogen) atoms. The Bertz CT molecular complexity index is 1080. The second-order valence-electron chi connectivity index (χ2n) is 6.70. The van der Waals surface area contributed by atoms with Crippen LogP contribution in [0.5, 0.6) is 0 Å². The first kappa shape index (κ1) is 20.2. The monoisotopic (exact) mass is 445 g/mol. The third kappa shape index (κ3) is 4.58. The number of urea groups is 1. The maximum atomic E-state index is 13.0. The number of halogens is 2. The van der Waals surface area contributed by atoms with Crippen LogP contribution in [0.25, 0.3) is 0 Å². The molecule has 2 heterocycles. The van der Waals surface area contributed by atoms with Gasteiger partial charge in [-0.3, -0.25) is 4.79 Å². The summed E-state index contributed by atoms with van der Waals surface area (Å²) in [6, 6.07) is 11.9. The van der Waals surface area contributed by atoms with E-state index in [9.17, 15) is 14.0 Å². The lowest BCUT2D eigenvalue weighted by Gasteiger charge is -2.23. The summed E-state index contributed by atoms with van der Waals surface area (Å²) in [4.78, 5) is 26.8. The van der Waals surface area contributed by atoms with E-state index in [0.717, 1.165) is 24.2 Å². The van der Waals surface area contributed by atoms with Gasteiger partial charge in [0.05, 0.1) is 6.04 Å². The Kier molecular flexibility index (Phi) is 5.91. The minimum absolute atomic E-state index is 0.177. The lowest BCUT2D eigenvalue weighted by atomic mass is 10.2. The van der Waals surface area contributed by atoms with Crippen LogP contribution in [0.1, 0.15) is 33.7 Å². The van der Waals surface area contributed by atoms with Gasteiger partial charge in [-0.25, -0.2) is 9.18 Å². The van der Waals surface area contributed by atoms with Gasteiger partial charge < -0.3 is 15.5 Å². The van der Waals surface area contributed by atoms with Gasteiger partial charge in [-0.2, -0.15) is 0 Å². The highest BCUT2D eigenvalue weighted by molar-refractivity contribution is 7.13. The largest absolute Gasteiger partial charge is 0.322 e. The molecule has 4 rings (SSSR count). The highest BCUT2D eigenvalue weighted by Gasteiger charge is 2.33. The summed E-state index contributed by atoms with van der Waals surface area (Å²) in [6.45, 7) is 0.577. The van der Waals surface area contributed by atoms with Crippen molar-refractivity contribution in [2.45, 2.75) is 18.9 Å². The molecule has 7 nitrogen and oxygen atoms in total. The lowest BCUT2D eigenvalue weighted by molar-refractivity contribution is 0.102. The van der Waals surface area contributed by atoms with E-state index < -0.39 is 5.91 Å². The molecule has 2 aromatic carbocycles. The molecular formula is C20H17ClFN5O2S. The van der Waals surface area contributed by atoms with Crippen molar-refractivity contribution in [3.05, 3.63) is 69.4 Å². The van der Waals surface area contributed by atoms with Crippen molar-refractivity contribution in [1.82, 2.24) is 15.1 Å². The number of hydrogen-bond acceptors (Lipinski definition) is 5. The van der Waals surface area contributed by atoms with E-state index in [0.29, 0.717) is 27.9 Å². The summed E-state index contributed by atoms with van der Waals surface area (Å²) >= 11 is 7.11. The van der Waals surface area contributed by atoms with E-state index in [4.69, 9.17) is 11.6 Å². The van der Waals surface area contributed by atoms with Crippen molar-refractivity contribution < 1.29 is 14.0 Å². The fourth-order valence-electron chi connectivity index (χ4n) is 3.21. The normalized spacial score (nSPS) is 15.8. The minimum Gasteiger partial charge on any atom is -0.320 e. The molecule has 0 saturated carbocycles. The summed E-state index contributed by atoms with van der Waals surface area (Å²) < 4.78 is 13.0. The molecule has 0 radical (unpaired) electrons. The number of rotatable bonds is 4. The molecule has 1 aliphatic rings. The molecule has 1 aliphatic heterocycles. The molecule has 2 N–H and O–H groups in total. The number of amides is 3. The number of carbonyl (C=O) groups excluding carboxylic acids is 2. The standard InChI is InChI=1S/C20H17ClFN5O2S/c21-12-3-1-4-15(11-12)24-20(29)27-10-2-5-16(27)18-25-26-19(30-18)17(28)23-14-8-6-13(22)7-9-14/h1,3-4,6-9,11,16H,2,5,10H2,(H,23,28)(H,24,29)/t16-/m0/s1. The van der Waals surface area contributed by atoms with Gasteiger partial charge in [0.2, 0.25) is 5.01 Å². The third-order valence-electron chi connectivity index (χ3n) is 4.61. The number of anilines is 2. The molecule has 1 atom stereocenters. The van der Waals surface area contributed by atoms with Crippen molar-refractivity contribution in [2.24, 2.45) is 0 Å². The van der Waals surface area contributed by atoms with Crippen LogP contribution < -0.4 is 10.6 Å². The molecule has 0 bridgehead atoms. The van der Waals surface area contributed by atoms with E-state index in [2.05, 4.69) is 20.8 Å². The van der Waals surface area contributed by atoms with Crippen LogP contribution in [-0.4, -0.2) is 33.6 Å². The quantitative estimate of drug-likeness (QED) is 0.594. The fourth-order valence-corrected chi connectivity index (χ4v) is 4.28. The van der Waals surface area contributed by atoms with Crippen LogP contribution in [0.2, 0.25) is 5.02 Å². The van der Waals surface area contributed by atoms with E-state index in [1.54, 1.807) is 29.2 Å². The highest BCUT2D eigenvalue weighted by Crippen LogP contribution is 2.34.